The van der Waals surface area contributed by atoms with Gasteiger partial charge in [-0.15, -0.1) is 0 Å². The van der Waals surface area contributed by atoms with Gasteiger partial charge in [-0.3, -0.25) is 14.6 Å². The third-order valence-corrected chi connectivity index (χ3v) is 6.36. The minimum atomic E-state index is -0.981. The molecule has 4 rings (SSSR count). The van der Waals surface area contributed by atoms with E-state index in [1.807, 2.05) is 0 Å². The molecule has 1 fully saturated rings. The summed E-state index contributed by atoms with van der Waals surface area (Å²) in [5, 5.41) is 11.5. The number of rotatable bonds is 7. The molecule has 1 N–H and O–H groups in total. The molecule has 0 spiro atoms. The Labute approximate surface area is 223 Å². The Morgan fingerprint density at radius 2 is 1.73 bits per heavy atom. The van der Waals surface area contributed by atoms with Gasteiger partial charge in [-0.05, 0) is 48.9 Å². The summed E-state index contributed by atoms with van der Waals surface area (Å²) in [5.41, 5.74) is 1.41. The van der Waals surface area contributed by atoms with Crippen LogP contribution in [0.25, 0.3) is 5.76 Å². The fraction of sp³-hybridized carbons (Fsp3) is 0.185. The number of hydrogen-bond acceptors (Lipinski definition) is 7. The molecule has 1 aromatic heterocycles. The van der Waals surface area contributed by atoms with Crippen LogP contribution in [0.5, 0.6) is 5.75 Å². The first-order valence-corrected chi connectivity index (χ1v) is 12.0. The number of aromatic nitrogens is 1. The summed E-state index contributed by atoms with van der Waals surface area (Å²) in [6, 6.07) is 13.4. The zero-order valence-electron chi connectivity index (χ0n) is 19.9. The number of carbonyl (C=O) groups is 3. The van der Waals surface area contributed by atoms with E-state index in [0.29, 0.717) is 16.8 Å². The third-order valence-electron chi connectivity index (χ3n) is 5.80. The van der Waals surface area contributed by atoms with Crippen molar-refractivity contribution in [2.24, 2.45) is 0 Å². The van der Waals surface area contributed by atoms with E-state index in [9.17, 15) is 19.5 Å². The van der Waals surface area contributed by atoms with Gasteiger partial charge in [0.1, 0.15) is 11.8 Å². The van der Waals surface area contributed by atoms with Gasteiger partial charge in [0.05, 0.1) is 40.6 Å². The molecule has 190 valence electrons. The SMILES string of the molecule is CCOC(=O)c1ccc(CN2C(=O)C(=O)/C(=C(/O)c3cc(Cl)c(OC)c(Cl)c3)C2c2ccccn2)cc1. The molecule has 3 aromatic rings. The number of halogens is 2. The molecular formula is C27H22Cl2N2O6. The van der Waals surface area contributed by atoms with Gasteiger partial charge in [-0.1, -0.05) is 41.4 Å². The monoisotopic (exact) mass is 540 g/mol. The summed E-state index contributed by atoms with van der Waals surface area (Å²) in [4.78, 5) is 44.1. The van der Waals surface area contributed by atoms with E-state index in [2.05, 4.69) is 4.98 Å². The van der Waals surface area contributed by atoms with Crippen LogP contribution in [0.4, 0.5) is 0 Å². The number of benzene rings is 2. The fourth-order valence-corrected chi connectivity index (χ4v) is 4.73. The maximum Gasteiger partial charge on any atom is 0.338 e. The molecule has 1 aliphatic rings. The predicted molar refractivity (Wildman–Crippen MR) is 137 cm³/mol. The molecule has 37 heavy (non-hydrogen) atoms. The van der Waals surface area contributed by atoms with Crippen molar-refractivity contribution in [1.29, 1.82) is 0 Å². The second-order valence-electron chi connectivity index (χ2n) is 8.07. The number of amides is 1. The summed E-state index contributed by atoms with van der Waals surface area (Å²) >= 11 is 12.5. The number of esters is 1. The van der Waals surface area contributed by atoms with Gasteiger partial charge in [-0.25, -0.2) is 4.79 Å². The lowest BCUT2D eigenvalue weighted by molar-refractivity contribution is -0.140. The molecule has 0 bridgehead atoms. The summed E-state index contributed by atoms with van der Waals surface area (Å²) in [6.45, 7) is 1.99. The summed E-state index contributed by atoms with van der Waals surface area (Å²) in [7, 11) is 1.40. The normalized spacial score (nSPS) is 16.6. The standard InChI is InChI=1S/C27H22Cl2N2O6/c1-3-37-27(35)16-9-7-15(8-10-16)14-31-22(20-6-4-5-11-30-20)21(24(33)26(31)34)23(32)17-12-18(28)25(36-2)19(29)13-17/h4-13,22,32H,3,14H2,1-2H3/b23-21+. The zero-order chi connectivity index (χ0) is 26.7. The highest BCUT2D eigenvalue weighted by Gasteiger charge is 2.46. The number of ketones is 1. The number of carbonyl (C=O) groups excluding carboxylic acids is 3. The molecule has 0 radical (unpaired) electrons. The Kier molecular flexibility index (Phi) is 7.80. The number of aliphatic hydroxyl groups is 1. The minimum absolute atomic E-state index is 0.0236. The van der Waals surface area contributed by atoms with Crippen LogP contribution in [0.3, 0.4) is 0 Å². The Morgan fingerprint density at radius 1 is 1.05 bits per heavy atom. The molecule has 1 amide bonds. The van der Waals surface area contributed by atoms with Crippen molar-refractivity contribution in [3.63, 3.8) is 0 Å². The number of aliphatic hydroxyl groups excluding tert-OH is 1. The average molecular weight is 541 g/mol. The number of ether oxygens (including phenoxy) is 2. The molecule has 10 heteroatoms. The maximum absolute atomic E-state index is 13.2. The lowest BCUT2D eigenvalue weighted by Gasteiger charge is -2.24. The van der Waals surface area contributed by atoms with Crippen molar-refractivity contribution >= 4 is 46.6 Å². The van der Waals surface area contributed by atoms with E-state index < -0.39 is 29.5 Å². The van der Waals surface area contributed by atoms with Crippen LogP contribution in [0.1, 0.15) is 40.1 Å². The number of methoxy groups -OCH3 is 1. The molecule has 1 saturated heterocycles. The van der Waals surface area contributed by atoms with Crippen molar-refractivity contribution in [3.05, 3.63) is 98.8 Å². The smallest absolute Gasteiger partial charge is 0.338 e. The van der Waals surface area contributed by atoms with Crippen molar-refractivity contribution in [3.8, 4) is 5.75 Å². The van der Waals surface area contributed by atoms with Gasteiger partial charge in [0.2, 0.25) is 0 Å². The van der Waals surface area contributed by atoms with Crippen LogP contribution < -0.4 is 4.74 Å². The zero-order valence-corrected chi connectivity index (χ0v) is 21.4. The van der Waals surface area contributed by atoms with Crippen molar-refractivity contribution in [1.82, 2.24) is 9.88 Å². The minimum Gasteiger partial charge on any atom is -0.507 e. The van der Waals surface area contributed by atoms with Crippen LogP contribution in [0.2, 0.25) is 10.0 Å². The van der Waals surface area contributed by atoms with Gasteiger partial charge < -0.3 is 19.5 Å². The van der Waals surface area contributed by atoms with E-state index in [1.54, 1.807) is 49.4 Å². The van der Waals surface area contributed by atoms with Crippen molar-refractivity contribution < 1.29 is 29.0 Å². The van der Waals surface area contributed by atoms with Gasteiger partial charge in [-0.2, -0.15) is 0 Å². The Morgan fingerprint density at radius 3 is 2.30 bits per heavy atom. The average Bonchev–Trinajstić information content (AvgIpc) is 3.14. The molecular weight excluding hydrogens is 519 g/mol. The largest absolute Gasteiger partial charge is 0.507 e. The van der Waals surface area contributed by atoms with Gasteiger partial charge in [0.25, 0.3) is 11.7 Å². The van der Waals surface area contributed by atoms with Crippen molar-refractivity contribution in [2.75, 3.05) is 13.7 Å². The van der Waals surface area contributed by atoms with Crippen LogP contribution in [0.15, 0.2) is 66.4 Å². The molecule has 1 atom stereocenters. The topological polar surface area (TPSA) is 106 Å². The number of likely N-dealkylation sites (tertiary alicyclic amines) is 1. The Bertz CT molecular complexity index is 1370. The van der Waals surface area contributed by atoms with Crippen LogP contribution >= 0.6 is 23.2 Å². The molecule has 0 saturated carbocycles. The molecule has 2 heterocycles. The van der Waals surface area contributed by atoms with Crippen molar-refractivity contribution in [2.45, 2.75) is 19.5 Å². The molecule has 1 aliphatic heterocycles. The van der Waals surface area contributed by atoms with Gasteiger partial charge in [0.15, 0.2) is 5.75 Å². The summed E-state index contributed by atoms with van der Waals surface area (Å²) in [6.07, 6.45) is 1.53. The third kappa shape index (κ3) is 5.16. The van der Waals surface area contributed by atoms with Crippen LogP contribution in [0, 0.1) is 0 Å². The van der Waals surface area contributed by atoms with E-state index in [-0.39, 0.29) is 40.1 Å². The first kappa shape index (κ1) is 26.2. The maximum atomic E-state index is 13.2. The number of pyridine rings is 1. The van der Waals surface area contributed by atoms with Gasteiger partial charge in [0, 0.05) is 18.3 Å². The number of nitrogens with zero attached hydrogens (tertiary/aromatic N) is 2. The van der Waals surface area contributed by atoms with Crippen LogP contribution in [-0.4, -0.2) is 46.4 Å². The first-order valence-electron chi connectivity index (χ1n) is 11.3. The fourth-order valence-electron chi connectivity index (χ4n) is 4.09. The van der Waals surface area contributed by atoms with E-state index in [1.165, 1.54) is 30.3 Å². The van der Waals surface area contributed by atoms with E-state index in [0.717, 1.165) is 0 Å². The molecule has 0 aliphatic carbocycles. The first-order chi connectivity index (χ1) is 17.8. The second-order valence-corrected chi connectivity index (χ2v) is 8.89. The highest BCUT2D eigenvalue weighted by molar-refractivity contribution is 6.46. The number of hydrogen-bond donors (Lipinski definition) is 1. The molecule has 1 unspecified atom stereocenters. The van der Waals surface area contributed by atoms with Crippen LogP contribution in [-0.2, 0) is 20.9 Å². The predicted octanol–water partition coefficient (Wildman–Crippen LogP) is 5.20. The Hall–Kier alpha value is -3.88. The quantitative estimate of drug-likeness (QED) is 0.190. The highest BCUT2D eigenvalue weighted by Crippen LogP contribution is 2.42. The van der Waals surface area contributed by atoms with E-state index >= 15 is 0 Å². The lowest BCUT2D eigenvalue weighted by Crippen LogP contribution is -2.29. The molecule has 8 nitrogen and oxygen atoms in total. The number of Topliss-reactive ketones (excluding diaryl/α,β-unsaturated/α-hetero) is 1. The summed E-state index contributed by atoms with van der Waals surface area (Å²) < 4.78 is 10.2. The highest BCUT2D eigenvalue weighted by atomic mass is 35.5. The van der Waals surface area contributed by atoms with Gasteiger partial charge >= 0.3 is 5.97 Å². The Balaban J connectivity index is 1.78. The van der Waals surface area contributed by atoms with E-state index in [4.69, 9.17) is 32.7 Å². The lowest BCUT2D eigenvalue weighted by atomic mass is 9.98. The molecule has 2 aromatic carbocycles. The second kappa shape index (κ2) is 11.0. The summed E-state index contributed by atoms with van der Waals surface area (Å²) in [5.74, 6) is -2.37.